The van der Waals surface area contributed by atoms with Gasteiger partial charge in [-0.2, -0.15) is 0 Å². The normalized spacial score (nSPS) is 29.0. The number of likely N-dealkylation sites (tertiary alicyclic amines) is 1. The first-order valence-electron chi connectivity index (χ1n) is 6.20. The van der Waals surface area contributed by atoms with Gasteiger partial charge in [0.25, 0.3) is 0 Å². The molecule has 1 spiro atoms. The van der Waals surface area contributed by atoms with Crippen LogP contribution in [0.3, 0.4) is 0 Å². The molecular weight excluding hydrogens is 188 g/mol. The Bertz CT molecular complexity index is 194. The molecule has 2 rings (SSSR count). The van der Waals surface area contributed by atoms with E-state index in [0.29, 0.717) is 0 Å². The van der Waals surface area contributed by atoms with E-state index in [1.54, 1.807) is 0 Å². The summed E-state index contributed by atoms with van der Waals surface area (Å²) in [7, 11) is 2.11. The van der Waals surface area contributed by atoms with Crippen LogP contribution in [0.5, 0.6) is 0 Å². The summed E-state index contributed by atoms with van der Waals surface area (Å²) < 4.78 is 0. The first kappa shape index (κ1) is 14.4. The highest BCUT2D eigenvalue weighted by Crippen LogP contribution is 2.29. The smallest absolute Gasteiger partial charge is 0.220 e. The van der Waals surface area contributed by atoms with Gasteiger partial charge in [-0.3, -0.25) is 4.79 Å². The molecule has 0 aromatic rings. The van der Waals surface area contributed by atoms with Gasteiger partial charge < -0.3 is 10.2 Å². The number of hydrogen-bond acceptors (Lipinski definition) is 2. The van der Waals surface area contributed by atoms with Crippen LogP contribution in [0.1, 0.15) is 47.0 Å². The van der Waals surface area contributed by atoms with Crippen LogP contribution < -0.4 is 5.32 Å². The van der Waals surface area contributed by atoms with E-state index >= 15 is 0 Å². The summed E-state index contributed by atoms with van der Waals surface area (Å²) in [6.07, 6.45) is 2.90. The number of nitrogens with one attached hydrogen (secondary N) is 1. The van der Waals surface area contributed by atoms with Crippen molar-refractivity contribution in [3.05, 3.63) is 0 Å². The summed E-state index contributed by atoms with van der Waals surface area (Å²) >= 11 is 0. The number of carbonyl (C=O) groups is 1. The lowest BCUT2D eigenvalue weighted by atomic mass is 9.97. The highest BCUT2D eigenvalue weighted by Gasteiger charge is 2.41. The third-order valence-electron chi connectivity index (χ3n) is 2.78. The second-order valence-electron chi connectivity index (χ2n) is 3.82. The van der Waals surface area contributed by atoms with Crippen LogP contribution >= 0.6 is 0 Å². The van der Waals surface area contributed by atoms with E-state index in [9.17, 15) is 4.79 Å². The van der Waals surface area contributed by atoms with E-state index in [1.165, 1.54) is 0 Å². The Balaban J connectivity index is 0.000000442. The van der Waals surface area contributed by atoms with Crippen LogP contribution in [-0.4, -0.2) is 36.5 Å². The summed E-state index contributed by atoms with van der Waals surface area (Å²) in [5, 5.41) is 3.08. The molecule has 2 fully saturated rings. The maximum atomic E-state index is 11.0. The van der Waals surface area contributed by atoms with Crippen LogP contribution in [0.25, 0.3) is 0 Å². The zero-order valence-electron chi connectivity index (χ0n) is 10.9. The Morgan fingerprint density at radius 1 is 1.20 bits per heavy atom. The van der Waals surface area contributed by atoms with E-state index < -0.39 is 0 Å². The van der Waals surface area contributed by atoms with Crippen molar-refractivity contribution in [1.29, 1.82) is 0 Å². The van der Waals surface area contributed by atoms with Crippen molar-refractivity contribution >= 4 is 5.91 Å². The SMILES string of the molecule is CC.CC.CN1CCC2(CCC(=O)N2)C1. The maximum Gasteiger partial charge on any atom is 0.220 e. The zero-order chi connectivity index (χ0) is 11.9. The standard InChI is InChI=1S/C8H14N2O.2C2H6/c1-10-5-4-8(6-10)3-2-7(11)9-8;2*1-2/h2-6H2,1H3,(H,9,11);2*1-2H3. The summed E-state index contributed by atoms with van der Waals surface area (Å²) in [6, 6.07) is 0. The Labute approximate surface area is 94.2 Å². The highest BCUT2D eigenvalue weighted by molar-refractivity contribution is 5.79. The van der Waals surface area contributed by atoms with Gasteiger partial charge in [-0.15, -0.1) is 0 Å². The van der Waals surface area contributed by atoms with Crippen LogP contribution in [0.4, 0.5) is 0 Å². The average Bonchev–Trinajstić information content (AvgIpc) is 2.81. The molecule has 0 aliphatic carbocycles. The van der Waals surface area contributed by atoms with Crippen LogP contribution in [0, 0.1) is 0 Å². The van der Waals surface area contributed by atoms with Gasteiger partial charge in [0.2, 0.25) is 5.91 Å². The van der Waals surface area contributed by atoms with Crippen LogP contribution in [0.15, 0.2) is 0 Å². The largest absolute Gasteiger partial charge is 0.349 e. The molecule has 3 nitrogen and oxygen atoms in total. The third-order valence-corrected chi connectivity index (χ3v) is 2.78. The lowest BCUT2D eigenvalue weighted by Crippen LogP contribution is -2.43. The summed E-state index contributed by atoms with van der Waals surface area (Å²) in [5.41, 5.74) is 0.159. The molecule has 1 N–H and O–H groups in total. The van der Waals surface area contributed by atoms with Gasteiger partial charge in [-0.05, 0) is 19.9 Å². The monoisotopic (exact) mass is 214 g/mol. The number of rotatable bonds is 0. The quantitative estimate of drug-likeness (QED) is 0.669. The van der Waals surface area contributed by atoms with E-state index in [4.69, 9.17) is 0 Å². The number of hydrogen-bond donors (Lipinski definition) is 1. The second-order valence-corrected chi connectivity index (χ2v) is 3.82. The Hall–Kier alpha value is -0.570. The van der Waals surface area contributed by atoms with Gasteiger partial charge in [-0.25, -0.2) is 0 Å². The molecule has 0 bridgehead atoms. The maximum absolute atomic E-state index is 11.0. The molecule has 90 valence electrons. The molecule has 2 saturated heterocycles. The van der Waals surface area contributed by atoms with E-state index in [2.05, 4.69) is 17.3 Å². The average molecular weight is 214 g/mol. The minimum absolute atomic E-state index is 0.159. The number of likely N-dealkylation sites (N-methyl/N-ethyl adjacent to an activating group) is 1. The molecule has 2 aliphatic rings. The van der Waals surface area contributed by atoms with E-state index in [-0.39, 0.29) is 11.4 Å². The molecule has 0 radical (unpaired) electrons. The molecule has 1 unspecified atom stereocenters. The van der Waals surface area contributed by atoms with Crippen molar-refractivity contribution in [2.45, 2.75) is 52.5 Å². The number of amides is 1. The fraction of sp³-hybridized carbons (Fsp3) is 0.917. The number of nitrogens with zero attached hydrogens (tertiary/aromatic N) is 1. The molecule has 2 aliphatic heterocycles. The molecule has 2 heterocycles. The van der Waals surface area contributed by atoms with Crippen molar-refractivity contribution in [2.24, 2.45) is 0 Å². The predicted molar refractivity (Wildman–Crippen MR) is 64.9 cm³/mol. The first-order valence-corrected chi connectivity index (χ1v) is 6.20. The van der Waals surface area contributed by atoms with Gasteiger partial charge in [0.15, 0.2) is 0 Å². The second kappa shape index (κ2) is 6.83. The minimum atomic E-state index is 0.159. The van der Waals surface area contributed by atoms with E-state index in [1.807, 2.05) is 27.7 Å². The summed E-state index contributed by atoms with van der Waals surface area (Å²) in [5.74, 6) is 0.236. The minimum Gasteiger partial charge on any atom is -0.349 e. The van der Waals surface area contributed by atoms with Crippen molar-refractivity contribution in [1.82, 2.24) is 10.2 Å². The molecule has 1 amide bonds. The predicted octanol–water partition coefficient (Wildman–Crippen LogP) is 2.02. The zero-order valence-corrected chi connectivity index (χ0v) is 10.9. The van der Waals surface area contributed by atoms with Crippen LogP contribution in [-0.2, 0) is 4.79 Å². The first-order chi connectivity index (χ1) is 7.20. The van der Waals surface area contributed by atoms with Crippen molar-refractivity contribution in [3.63, 3.8) is 0 Å². The van der Waals surface area contributed by atoms with Gasteiger partial charge in [0.1, 0.15) is 0 Å². The molecule has 15 heavy (non-hydrogen) atoms. The van der Waals surface area contributed by atoms with Gasteiger partial charge in [-0.1, -0.05) is 27.7 Å². The Kier molecular flexibility index (Phi) is 6.57. The van der Waals surface area contributed by atoms with Gasteiger partial charge >= 0.3 is 0 Å². The van der Waals surface area contributed by atoms with Crippen molar-refractivity contribution in [2.75, 3.05) is 20.1 Å². The fourth-order valence-corrected chi connectivity index (χ4v) is 2.16. The van der Waals surface area contributed by atoms with Crippen molar-refractivity contribution in [3.8, 4) is 0 Å². The molecule has 3 heteroatoms. The molecule has 0 aromatic heterocycles. The van der Waals surface area contributed by atoms with Crippen molar-refractivity contribution < 1.29 is 4.79 Å². The third kappa shape index (κ3) is 3.82. The lowest BCUT2D eigenvalue weighted by molar-refractivity contribution is -0.119. The molecule has 1 atom stereocenters. The highest BCUT2D eigenvalue weighted by atomic mass is 16.2. The molecule has 0 aromatic carbocycles. The number of carbonyl (C=O) groups excluding carboxylic acids is 1. The summed E-state index contributed by atoms with van der Waals surface area (Å²) in [4.78, 5) is 13.3. The Morgan fingerprint density at radius 3 is 2.13 bits per heavy atom. The fourth-order valence-electron chi connectivity index (χ4n) is 2.16. The van der Waals surface area contributed by atoms with Gasteiger partial charge in [0, 0.05) is 19.5 Å². The topological polar surface area (TPSA) is 32.3 Å². The molecular formula is C12H26N2O. The van der Waals surface area contributed by atoms with E-state index in [0.717, 1.165) is 32.4 Å². The Morgan fingerprint density at radius 2 is 1.80 bits per heavy atom. The lowest BCUT2D eigenvalue weighted by Gasteiger charge is -2.22. The van der Waals surface area contributed by atoms with Gasteiger partial charge in [0.05, 0.1) is 5.54 Å². The summed E-state index contributed by atoms with van der Waals surface area (Å²) in [6.45, 7) is 10.2. The van der Waals surface area contributed by atoms with Crippen LogP contribution in [0.2, 0.25) is 0 Å². The molecule has 0 saturated carbocycles.